The van der Waals surface area contributed by atoms with E-state index in [4.69, 9.17) is 0 Å². The second kappa shape index (κ2) is 13.5. The Morgan fingerprint density at radius 1 is 0.800 bits per heavy atom. The first-order valence-corrected chi connectivity index (χ1v) is 12.7. The lowest BCUT2D eigenvalue weighted by molar-refractivity contribution is -0.141. The molecule has 184 valence electrons. The van der Waals surface area contributed by atoms with Crippen LogP contribution in [0.1, 0.15) is 54.5 Å². The largest absolute Gasteiger partial charge is 0.354 e. The van der Waals surface area contributed by atoms with E-state index in [1.165, 1.54) is 11.1 Å². The smallest absolute Gasteiger partial charge is 0.243 e. The molecule has 4 heteroatoms. The zero-order chi connectivity index (χ0) is 25.0. The van der Waals surface area contributed by atoms with Crippen LogP contribution in [0.3, 0.4) is 0 Å². The molecule has 1 N–H and O–H groups in total. The standard InChI is InChI=1S/C31H38N2O2/c1-4-21-32-31(35)29(22-27-9-7-6-8-10-27)33(23-28-13-11-24(3)12-14-28)30(34)20-19-26-17-15-25(5-2)16-18-26/h6-18,29H,4-5,19-23H2,1-3H3,(H,32,35)/t29-/m1/s1. The first kappa shape index (κ1) is 26.2. The van der Waals surface area contributed by atoms with Crippen LogP contribution in [0.15, 0.2) is 78.9 Å². The number of carbonyl (C=O) groups excluding carboxylic acids is 2. The van der Waals surface area contributed by atoms with Gasteiger partial charge in [0, 0.05) is 25.9 Å². The quantitative estimate of drug-likeness (QED) is 0.371. The second-order valence-electron chi connectivity index (χ2n) is 9.17. The van der Waals surface area contributed by atoms with Crippen LogP contribution in [0.4, 0.5) is 0 Å². The fourth-order valence-corrected chi connectivity index (χ4v) is 4.15. The van der Waals surface area contributed by atoms with Crippen molar-refractivity contribution in [3.63, 3.8) is 0 Å². The maximum atomic E-state index is 13.7. The van der Waals surface area contributed by atoms with Crippen molar-refractivity contribution in [1.29, 1.82) is 0 Å². The molecule has 2 amide bonds. The highest BCUT2D eigenvalue weighted by Crippen LogP contribution is 2.18. The summed E-state index contributed by atoms with van der Waals surface area (Å²) in [4.78, 5) is 28.8. The van der Waals surface area contributed by atoms with Gasteiger partial charge in [0.25, 0.3) is 0 Å². The van der Waals surface area contributed by atoms with Gasteiger partial charge in [-0.25, -0.2) is 0 Å². The molecule has 0 fully saturated rings. The van der Waals surface area contributed by atoms with Crippen molar-refractivity contribution in [2.75, 3.05) is 6.54 Å². The molecule has 0 heterocycles. The lowest BCUT2D eigenvalue weighted by Gasteiger charge is -2.31. The summed E-state index contributed by atoms with van der Waals surface area (Å²) in [5, 5.41) is 3.04. The van der Waals surface area contributed by atoms with Gasteiger partial charge < -0.3 is 10.2 Å². The van der Waals surface area contributed by atoms with Crippen LogP contribution in [-0.2, 0) is 35.4 Å². The van der Waals surface area contributed by atoms with Gasteiger partial charge in [0.2, 0.25) is 11.8 Å². The van der Waals surface area contributed by atoms with E-state index in [2.05, 4.69) is 48.6 Å². The molecule has 0 unspecified atom stereocenters. The molecule has 0 aliphatic rings. The SMILES string of the molecule is CCCNC(=O)[C@@H](Cc1ccccc1)N(Cc1ccc(C)cc1)C(=O)CCc1ccc(CC)cc1. The third kappa shape index (κ3) is 8.10. The Morgan fingerprint density at radius 2 is 1.43 bits per heavy atom. The van der Waals surface area contributed by atoms with E-state index in [1.54, 1.807) is 4.90 Å². The fraction of sp³-hybridized carbons (Fsp3) is 0.355. The van der Waals surface area contributed by atoms with E-state index >= 15 is 0 Å². The van der Waals surface area contributed by atoms with E-state index in [0.29, 0.717) is 32.4 Å². The summed E-state index contributed by atoms with van der Waals surface area (Å²) in [7, 11) is 0. The lowest BCUT2D eigenvalue weighted by Crippen LogP contribution is -2.50. The average Bonchev–Trinajstić information content (AvgIpc) is 2.89. The van der Waals surface area contributed by atoms with Crippen molar-refractivity contribution in [3.05, 3.63) is 107 Å². The molecule has 0 aliphatic heterocycles. The number of amides is 2. The van der Waals surface area contributed by atoms with Gasteiger partial charge in [-0.1, -0.05) is 98.3 Å². The van der Waals surface area contributed by atoms with Gasteiger partial charge in [0.15, 0.2) is 0 Å². The van der Waals surface area contributed by atoms with Crippen molar-refractivity contribution >= 4 is 11.8 Å². The number of benzene rings is 3. The van der Waals surface area contributed by atoms with E-state index in [1.807, 2.05) is 56.3 Å². The second-order valence-corrected chi connectivity index (χ2v) is 9.17. The Morgan fingerprint density at radius 3 is 2.06 bits per heavy atom. The van der Waals surface area contributed by atoms with E-state index < -0.39 is 6.04 Å². The average molecular weight is 471 g/mol. The van der Waals surface area contributed by atoms with Gasteiger partial charge >= 0.3 is 0 Å². The lowest BCUT2D eigenvalue weighted by atomic mass is 10.0. The Kier molecular flexibility index (Phi) is 10.1. The predicted octanol–water partition coefficient (Wildman–Crippen LogP) is 5.66. The van der Waals surface area contributed by atoms with Crippen molar-refractivity contribution < 1.29 is 9.59 Å². The van der Waals surface area contributed by atoms with Crippen LogP contribution in [0.25, 0.3) is 0 Å². The van der Waals surface area contributed by atoms with Crippen LogP contribution < -0.4 is 5.32 Å². The third-order valence-corrected chi connectivity index (χ3v) is 6.35. The van der Waals surface area contributed by atoms with Crippen LogP contribution >= 0.6 is 0 Å². The van der Waals surface area contributed by atoms with Crippen LogP contribution in [0.5, 0.6) is 0 Å². The minimum absolute atomic E-state index is 0.00211. The minimum Gasteiger partial charge on any atom is -0.354 e. The molecule has 0 saturated heterocycles. The topological polar surface area (TPSA) is 49.4 Å². The molecule has 0 bridgehead atoms. The van der Waals surface area contributed by atoms with Crippen LogP contribution in [0.2, 0.25) is 0 Å². The van der Waals surface area contributed by atoms with Gasteiger partial charge in [-0.15, -0.1) is 0 Å². The third-order valence-electron chi connectivity index (χ3n) is 6.35. The van der Waals surface area contributed by atoms with Gasteiger partial charge in [0.1, 0.15) is 6.04 Å². The van der Waals surface area contributed by atoms with Crippen molar-refractivity contribution in [3.8, 4) is 0 Å². The molecule has 3 rings (SSSR count). The number of nitrogens with one attached hydrogen (secondary N) is 1. The number of carbonyl (C=O) groups is 2. The summed E-state index contributed by atoms with van der Waals surface area (Å²) in [5.41, 5.74) is 5.67. The summed E-state index contributed by atoms with van der Waals surface area (Å²) in [6, 6.07) is 26.0. The number of hydrogen-bond donors (Lipinski definition) is 1. The minimum atomic E-state index is -0.569. The molecule has 3 aromatic rings. The van der Waals surface area contributed by atoms with Crippen LogP contribution in [0, 0.1) is 6.92 Å². The summed E-state index contributed by atoms with van der Waals surface area (Å²) < 4.78 is 0. The van der Waals surface area contributed by atoms with Crippen molar-refractivity contribution in [2.24, 2.45) is 0 Å². The molecule has 3 aromatic carbocycles. The van der Waals surface area contributed by atoms with Gasteiger partial charge in [-0.05, 0) is 48.4 Å². The van der Waals surface area contributed by atoms with Crippen molar-refractivity contribution in [2.45, 2.75) is 65.5 Å². The summed E-state index contributed by atoms with van der Waals surface area (Å²) in [6.07, 6.45) is 3.35. The maximum absolute atomic E-state index is 13.7. The summed E-state index contributed by atoms with van der Waals surface area (Å²) >= 11 is 0. The molecule has 4 nitrogen and oxygen atoms in total. The zero-order valence-electron chi connectivity index (χ0n) is 21.3. The normalized spacial score (nSPS) is 11.6. The number of nitrogens with zero attached hydrogens (tertiary/aromatic N) is 1. The number of hydrogen-bond acceptors (Lipinski definition) is 2. The highest BCUT2D eigenvalue weighted by atomic mass is 16.2. The molecule has 0 aliphatic carbocycles. The van der Waals surface area contributed by atoms with Gasteiger partial charge in [0.05, 0.1) is 0 Å². The highest BCUT2D eigenvalue weighted by Gasteiger charge is 2.30. The Bertz CT molecular complexity index is 1060. The molecule has 0 radical (unpaired) electrons. The Balaban J connectivity index is 1.86. The van der Waals surface area contributed by atoms with Crippen LogP contribution in [-0.4, -0.2) is 29.3 Å². The van der Waals surface area contributed by atoms with E-state index in [9.17, 15) is 9.59 Å². The highest BCUT2D eigenvalue weighted by molar-refractivity contribution is 5.88. The number of aryl methyl sites for hydroxylation is 3. The summed E-state index contributed by atoms with van der Waals surface area (Å²) in [5.74, 6) is -0.0961. The predicted molar refractivity (Wildman–Crippen MR) is 143 cm³/mol. The summed E-state index contributed by atoms with van der Waals surface area (Å²) in [6.45, 7) is 7.22. The van der Waals surface area contributed by atoms with Gasteiger partial charge in [-0.3, -0.25) is 9.59 Å². The molecule has 0 spiro atoms. The molecule has 0 aromatic heterocycles. The van der Waals surface area contributed by atoms with Crippen molar-refractivity contribution in [1.82, 2.24) is 10.2 Å². The molecule has 35 heavy (non-hydrogen) atoms. The Labute approximate surface area is 210 Å². The molecular formula is C31H38N2O2. The molecule has 1 atom stereocenters. The molecule has 0 saturated carbocycles. The maximum Gasteiger partial charge on any atom is 0.243 e. The Hall–Kier alpha value is -3.40. The monoisotopic (exact) mass is 470 g/mol. The first-order valence-electron chi connectivity index (χ1n) is 12.7. The number of rotatable bonds is 12. The first-order chi connectivity index (χ1) is 17.0. The molecular weight excluding hydrogens is 432 g/mol. The fourth-order valence-electron chi connectivity index (χ4n) is 4.15. The van der Waals surface area contributed by atoms with Gasteiger partial charge in [-0.2, -0.15) is 0 Å². The zero-order valence-corrected chi connectivity index (χ0v) is 21.3. The van der Waals surface area contributed by atoms with E-state index in [0.717, 1.165) is 29.5 Å². The van der Waals surface area contributed by atoms with E-state index in [-0.39, 0.29) is 11.8 Å².